The molecule has 0 spiro atoms. The number of carbonyl (C=O) groups excluding carboxylic acids is 1. The van der Waals surface area contributed by atoms with Crippen LogP contribution in [0.1, 0.15) is 16.1 Å². The molecule has 7 heteroatoms. The highest BCUT2D eigenvalue weighted by molar-refractivity contribution is 6.03. The zero-order chi connectivity index (χ0) is 20.2. The normalized spacial score (nSPS) is 14.0. The van der Waals surface area contributed by atoms with E-state index in [4.69, 9.17) is 0 Å². The quantitative estimate of drug-likeness (QED) is 0.738. The Morgan fingerprint density at radius 1 is 0.931 bits per heavy atom. The number of para-hydroxylation sites is 1. The SMILES string of the molecule is Cc1ccccc1NC(=O)c1cnc(N2CCN(c3ccc(F)cc3)CC2)cn1. The van der Waals surface area contributed by atoms with Crippen molar-refractivity contribution in [2.24, 2.45) is 0 Å². The first-order chi connectivity index (χ1) is 14.1. The molecule has 1 saturated heterocycles. The summed E-state index contributed by atoms with van der Waals surface area (Å²) >= 11 is 0. The summed E-state index contributed by atoms with van der Waals surface area (Å²) in [5.74, 6) is 0.241. The minimum Gasteiger partial charge on any atom is -0.368 e. The fourth-order valence-corrected chi connectivity index (χ4v) is 3.35. The van der Waals surface area contributed by atoms with Gasteiger partial charge >= 0.3 is 0 Å². The largest absolute Gasteiger partial charge is 0.368 e. The van der Waals surface area contributed by atoms with Crippen molar-refractivity contribution in [2.75, 3.05) is 41.3 Å². The molecule has 1 fully saturated rings. The Labute approximate surface area is 169 Å². The number of aryl methyl sites for hydroxylation is 1. The molecule has 0 radical (unpaired) electrons. The van der Waals surface area contributed by atoms with Crippen molar-refractivity contribution in [3.8, 4) is 0 Å². The molecule has 2 aromatic carbocycles. The van der Waals surface area contributed by atoms with E-state index in [2.05, 4.69) is 25.1 Å². The van der Waals surface area contributed by atoms with Gasteiger partial charge in [0, 0.05) is 37.6 Å². The van der Waals surface area contributed by atoms with Gasteiger partial charge in [0.2, 0.25) is 0 Å². The lowest BCUT2D eigenvalue weighted by atomic mass is 10.2. The van der Waals surface area contributed by atoms with Gasteiger partial charge in [0.1, 0.15) is 17.3 Å². The van der Waals surface area contributed by atoms with E-state index in [9.17, 15) is 9.18 Å². The van der Waals surface area contributed by atoms with Gasteiger partial charge in [0.15, 0.2) is 0 Å². The van der Waals surface area contributed by atoms with Crippen molar-refractivity contribution in [3.63, 3.8) is 0 Å². The summed E-state index contributed by atoms with van der Waals surface area (Å²) in [5, 5.41) is 2.87. The van der Waals surface area contributed by atoms with Crippen molar-refractivity contribution in [2.45, 2.75) is 6.92 Å². The summed E-state index contributed by atoms with van der Waals surface area (Å²) in [6.07, 6.45) is 3.15. The number of anilines is 3. The minimum absolute atomic E-state index is 0.228. The highest BCUT2D eigenvalue weighted by Gasteiger charge is 2.19. The molecule has 1 aromatic heterocycles. The first kappa shape index (κ1) is 18.9. The molecule has 6 nitrogen and oxygen atoms in total. The van der Waals surface area contributed by atoms with E-state index in [1.165, 1.54) is 18.3 Å². The molecule has 0 atom stereocenters. The van der Waals surface area contributed by atoms with E-state index in [-0.39, 0.29) is 17.4 Å². The molecule has 0 unspecified atom stereocenters. The second-order valence-electron chi connectivity index (χ2n) is 6.98. The van der Waals surface area contributed by atoms with Crippen molar-refractivity contribution in [3.05, 3.63) is 78.0 Å². The van der Waals surface area contributed by atoms with Crippen LogP contribution in [0.5, 0.6) is 0 Å². The second-order valence-corrected chi connectivity index (χ2v) is 6.98. The van der Waals surface area contributed by atoms with E-state index < -0.39 is 0 Å². The lowest BCUT2D eigenvalue weighted by Gasteiger charge is -2.36. The fraction of sp³-hybridized carbons (Fsp3) is 0.227. The number of piperazine rings is 1. The van der Waals surface area contributed by atoms with Gasteiger partial charge in [0.25, 0.3) is 5.91 Å². The molecule has 2 heterocycles. The van der Waals surface area contributed by atoms with Crippen LogP contribution < -0.4 is 15.1 Å². The van der Waals surface area contributed by atoms with Crippen LogP contribution >= 0.6 is 0 Å². The molecule has 4 rings (SSSR count). The summed E-state index contributed by atoms with van der Waals surface area (Å²) < 4.78 is 13.1. The maximum Gasteiger partial charge on any atom is 0.275 e. The number of aromatic nitrogens is 2. The highest BCUT2D eigenvalue weighted by Crippen LogP contribution is 2.20. The Hall–Kier alpha value is -3.48. The molecular formula is C22H22FN5O. The standard InChI is InChI=1S/C22H22FN5O/c1-16-4-2-3-5-19(16)26-22(29)20-14-25-21(15-24-20)28-12-10-27(11-13-28)18-8-6-17(23)7-9-18/h2-9,14-15H,10-13H2,1H3,(H,26,29). The van der Waals surface area contributed by atoms with Crippen LogP contribution in [0.3, 0.4) is 0 Å². The molecule has 29 heavy (non-hydrogen) atoms. The zero-order valence-corrected chi connectivity index (χ0v) is 16.2. The van der Waals surface area contributed by atoms with E-state index in [0.29, 0.717) is 0 Å². The van der Waals surface area contributed by atoms with Crippen LogP contribution in [0.15, 0.2) is 60.9 Å². The van der Waals surface area contributed by atoms with E-state index in [1.54, 1.807) is 18.3 Å². The predicted octanol–water partition coefficient (Wildman–Crippen LogP) is 3.50. The number of halogens is 1. The van der Waals surface area contributed by atoms with Gasteiger partial charge in [-0.1, -0.05) is 18.2 Å². The van der Waals surface area contributed by atoms with E-state index in [0.717, 1.165) is 48.9 Å². The summed E-state index contributed by atoms with van der Waals surface area (Å²) in [4.78, 5) is 25.5. The first-order valence-corrected chi connectivity index (χ1v) is 9.54. The third kappa shape index (κ3) is 4.34. The van der Waals surface area contributed by atoms with Gasteiger partial charge in [-0.05, 0) is 42.8 Å². The van der Waals surface area contributed by atoms with E-state index >= 15 is 0 Å². The molecule has 0 bridgehead atoms. The van der Waals surface area contributed by atoms with Crippen LogP contribution in [0.4, 0.5) is 21.6 Å². The first-order valence-electron chi connectivity index (χ1n) is 9.54. The van der Waals surface area contributed by atoms with Crippen LogP contribution in [0.25, 0.3) is 0 Å². The Morgan fingerprint density at radius 3 is 2.28 bits per heavy atom. The molecular weight excluding hydrogens is 369 g/mol. The van der Waals surface area contributed by atoms with Crippen molar-refractivity contribution < 1.29 is 9.18 Å². The van der Waals surface area contributed by atoms with Gasteiger partial charge in [0.05, 0.1) is 12.4 Å². The number of hydrogen-bond acceptors (Lipinski definition) is 5. The van der Waals surface area contributed by atoms with Crippen LogP contribution in [0.2, 0.25) is 0 Å². The van der Waals surface area contributed by atoms with Gasteiger partial charge in [-0.2, -0.15) is 0 Å². The van der Waals surface area contributed by atoms with E-state index in [1.807, 2.05) is 31.2 Å². The maximum atomic E-state index is 13.1. The number of nitrogens with one attached hydrogen (secondary N) is 1. The predicted molar refractivity (Wildman–Crippen MR) is 112 cm³/mol. The molecule has 0 saturated carbocycles. The van der Waals surface area contributed by atoms with Gasteiger partial charge < -0.3 is 15.1 Å². The van der Waals surface area contributed by atoms with Crippen molar-refractivity contribution in [1.82, 2.24) is 9.97 Å². The maximum absolute atomic E-state index is 13.1. The number of hydrogen-bond donors (Lipinski definition) is 1. The van der Waals surface area contributed by atoms with Crippen LogP contribution in [-0.2, 0) is 0 Å². The monoisotopic (exact) mass is 391 g/mol. The number of amides is 1. The Balaban J connectivity index is 1.36. The third-order valence-corrected chi connectivity index (χ3v) is 5.06. The molecule has 3 aromatic rings. The average molecular weight is 391 g/mol. The third-order valence-electron chi connectivity index (χ3n) is 5.06. The smallest absolute Gasteiger partial charge is 0.275 e. The number of benzene rings is 2. The summed E-state index contributed by atoms with van der Waals surface area (Å²) in [6, 6.07) is 14.2. The summed E-state index contributed by atoms with van der Waals surface area (Å²) in [5.41, 5.74) is 3.05. The van der Waals surface area contributed by atoms with Gasteiger partial charge in [-0.25, -0.2) is 14.4 Å². The highest BCUT2D eigenvalue weighted by atomic mass is 19.1. The minimum atomic E-state index is -0.278. The molecule has 1 amide bonds. The Bertz CT molecular complexity index is 983. The second kappa shape index (κ2) is 8.26. The zero-order valence-electron chi connectivity index (χ0n) is 16.2. The molecule has 1 N–H and O–H groups in total. The number of rotatable bonds is 4. The van der Waals surface area contributed by atoms with Crippen molar-refractivity contribution >= 4 is 23.1 Å². The lowest BCUT2D eigenvalue weighted by molar-refractivity contribution is 0.102. The van der Waals surface area contributed by atoms with Crippen LogP contribution in [-0.4, -0.2) is 42.1 Å². The number of nitrogens with zero attached hydrogens (tertiary/aromatic N) is 4. The fourth-order valence-electron chi connectivity index (χ4n) is 3.35. The topological polar surface area (TPSA) is 61.4 Å². The Kier molecular flexibility index (Phi) is 5.37. The summed E-state index contributed by atoms with van der Waals surface area (Å²) in [7, 11) is 0. The van der Waals surface area contributed by atoms with Crippen LogP contribution in [0, 0.1) is 12.7 Å². The van der Waals surface area contributed by atoms with Gasteiger partial charge in [-0.15, -0.1) is 0 Å². The molecule has 148 valence electrons. The lowest BCUT2D eigenvalue weighted by Crippen LogP contribution is -2.46. The van der Waals surface area contributed by atoms with Crippen molar-refractivity contribution in [1.29, 1.82) is 0 Å². The van der Waals surface area contributed by atoms with Gasteiger partial charge in [-0.3, -0.25) is 4.79 Å². The summed E-state index contributed by atoms with van der Waals surface area (Å²) in [6.45, 7) is 5.11. The molecule has 1 aliphatic rings. The number of carbonyl (C=O) groups is 1. The molecule has 1 aliphatic heterocycles. The average Bonchev–Trinajstić information content (AvgIpc) is 2.76. The molecule has 0 aliphatic carbocycles. The Morgan fingerprint density at radius 2 is 1.62 bits per heavy atom.